The van der Waals surface area contributed by atoms with Crippen LogP contribution in [0.2, 0.25) is 0 Å². The highest BCUT2D eigenvalue weighted by Crippen LogP contribution is 2.24. The molecule has 0 aromatic heterocycles. The minimum absolute atomic E-state index is 0.0509. The van der Waals surface area contributed by atoms with E-state index in [0.717, 1.165) is 12.8 Å². The molecule has 2 N–H and O–H groups in total. The van der Waals surface area contributed by atoms with Crippen LogP contribution in [0.15, 0.2) is 0 Å². The maximum Gasteiger partial charge on any atom is 0.323 e. The van der Waals surface area contributed by atoms with Crippen molar-refractivity contribution in [2.24, 2.45) is 11.8 Å². The van der Waals surface area contributed by atoms with Gasteiger partial charge >= 0.3 is 12.0 Å². The number of carbonyl (C=O) groups excluding carboxylic acids is 2. The molecule has 1 fully saturated rings. The standard InChI is InChI=1S/C15H26N2O4/c1-11(9-14(19)20)8-13(18)16-15(21)17(2)10-12-6-4-3-5-7-12/h11-12H,3-10H2,1-2H3,(H,19,20)(H,16,18,21). The second-order valence-electron chi connectivity index (χ2n) is 6.15. The van der Waals surface area contributed by atoms with Gasteiger partial charge in [-0.3, -0.25) is 14.9 Å². The summed E-state index contributed by atoms with van der Waals surface area (Å²) in [5.41, 5.74) is 0. The Labute approximate surface area is 125 Å². The molecule has 0 saturated heterocycles. The Morgan fingerprint density at radius 3 is 2.38 bits per heavy atom. The molecule has 0 aromatic carbocycles. The summed E-state index contributed by atoms with van der Waals surface area (Å²) in [6.45, 7) is 2.35. The van der Waals surface area contributed by atoms with Crippen LogP contribution in [0.5, 0.6) is 0 Å². The number of hydrogen-bond donors (Lipinski definition) is 2. The van der Waals surface area contributed by atoms with E-state index in [4.69, 9.17) is 5.11 Å². The van der Waals surface area contributed by atoms with E-state index in [1.807, 2.05) is 0 Å². The number of carboxylic acid groups (broad SMARTS) is 1. The fourth-order valence-electron chi connectivity index (χ4n) is 2.79. The quantitative estimate of drug-likeness (QED) is 0.787. The van der Waals surface area contributed by atoms with E-state index < -0.39 is 17.9 Å². The molecule has 0 aliphatic heterocycles. The van der Waals surface area contributed by atoms with Crippen molar-refractivity contribution in [3.05, 3.63) is 0 Å². The van der Waals surface area contributed by atoms with Gasteiger partial charge in [0.25, 0.3) is 0 Å². The average Bonchev–Trinajstić information content (AvgIpc) is 2.38. The van der Waals surface area contributed by atoms with Crippen molar-refractivity contribution in [3.63, 3.8) is 0 Å². The Morgan fingerprint density at radius 2 is 1.81 bits per heavy atom. The Morgan fingerprint density at radius 1 is 1.19 bits per heavy atom. The third-order valence-electron chi connectivity index (χ3n) is 3.91. The first-order valence-corrected chi connectivity index (χ1v) is 7.65. The number of carboxylic acids is 1. The monoisotopic (exact) mass is 298 g/mol. The lowest BCUT2D eigenvalue weighted by Crippen LogP contribution is -2.43. The number of nitrogens with zero attached hydrogens (tertiary/aromatic N) is 1. The summed E-state index contributed by atoms with van der Waals surface area (Å²) in [6.07, 6.45) is 5.96. The van der Waals surface area contributed by atoms with Gasteiger partial charge in [0.2, 0.25) is 5.91 Å². The summed E-state index contributed by atoms with van der Waals surface area (Å²) < 4.78 is 0. The molecule has 1 aliphatic carbocycles. The van der Waals surface area contributed by atoms with Crippen LogP contribution in [0, 0.1) is 11.8 Å². The first-order chi connectivity index (χ1) is 9.88. The van der Waals surface area contributed by atoms with E-state index in [-0.39, 0.29) is 18.8 Å². The van der Waals surface area contributed by atoms with Crippen LogP contribution in [0.25, 0.3) is 0 Å². The topological polar surface area (TPSA) is 86.7 Å². The van der Waals surface area contributed by atoms with Crippen LogP contribution < -0.4 is 5.32 Å². The molecule has 120 valence electrons. The van der Waals surface area contributed by atoms with E-state index in [1.54, 1.807) is 18.9 Å². The summed E-state index contributed by atoms with van der Waals surface area (Å²) in [7, 11) is 1.69. The molecule has 0 radical (unpaired) electrons. The number of hydrogen-bond acceptors (Lipinski definition) is 3. The van der Waals surface area contributed by atoms with Crippen LogP contribution in [-0.4, -0.2) is 41.5 Å². The minimum atomic E-state index is -0.934. The van der Waals surface area contributed by atoms with Gasteiger partial charge in [0.15, 0.2) is 0 Å². The number of imide groups is 1. The minimum Gasteiger partial charge on any atom is -0.481 e. The largest absolute Gasteiger partial charge is 0.481 e. The number of aliphatic carboxylic acids is 1. The number of amides is 3. The number of carbonyl (C=O) groups is 3. The predicted octanol–water partition coefficient (Wildman–Crippen LogP) is 2.24. The molecular weight excluding hydrogens is 272 g/mol. The molecule has 0 aromatic rings. The normalized spacial score (nSPS) is 17.0. The Hall–Kier alpha value is -1.59. The van der Waals surface area contributed by atoms with Gasteiger partial charge in [0.05, 0.1) is 0 Å². The third-order valence-corrected chi connectivity index (χ3v) is 3.91. The van der Waals surface area contributed by atoms with Gasteiger partial charge in [0, 0.05) is 26.4 Å². The zero-order valence-corrected chi connectivity index (χ0v) is 12.9. The van der Waals surface area contributed by atoms with Gasteiger partial charge in [0.1, 0.15) is 0 Å². The maximum absolute atomic E-state index is 11.9. The molecule has 6 heteroatoms. The molecule has 1 rings (SSSR count). The van der Waals surface area contributed by atoms with Gasteiger partial charge < -0.3 is 10.0 Å². The van der Waals surface area contributed by atoms with Crippen LogP contribution in [0.4, 0.5) is 4.79 Å². The highest BCUT2D eigenvalue weighted by molar-refractivity contribution is 5.94. The fourth-order valence-corrected chi connectivity index (χ4v) is 2.79. The van der Waals surface area contributed by atoms with Crippen LogP contribution in [0.1, 0.15) is 51.9 Å². The van der Waals surface area contributed by atoms with E-state index in [0.29, 0.717) is 12.5 Å². The second kappa shape index (κ2) is 8.64. The Bertz CT molecular complexity index is 378. The molecule has 1 atom stereocenters. The first kappa shape index (κ1) is 17.5. The molecule has 1 aliphatic rings. The van der Waals surface area contributed by atoms with Crippen molar-refractivity contribution in [3.8, 4) is 0 Å². The Kier molecular flexibility index (Phi) is 7.19. The van der Waals surface area contributed by atoms with Crippen molar-refractivity contribution in [2.45, 2.75) is 51.9 Å². The number of urea groups is 1. The zero-order chi connectivity index (χ0) is 15.8. The molecule has 0 bridgehead atoms. The summed E-state index contributed by atoms with van der Waals surface area (Å²) in [5.74, 6) is -1.10. The summed E-state index contributed by atoms with van der Waals surface area (Å²) in [4.78, 5) is 35.7. The van der Waals surface area contributed by atoms with Crippen LogP contribution in [0.3, 0.4) is 0 Å². The molecule has 3 amide bonds. The molecule has 1 saturated carbocycles. The van der Waals surface area contributed by atoms with E-state index in [1.165, 1.54) is 19.3 Å². The first-order valence-electron chi connectivity index (χ1n) is 7.65. The van der Waals surface area contributed by atoms with Crippen molar-refractivity contribution in [1.29, 1.82) is 0 Å². The molecular formula is C15H26N2O4. The smallest absolute Gasteiger partial charge is 0.323 e. The van der Waals surface area contributed by atoms with Crippen LogP contribution >= 0.6 is 0 Å². The lowest BCUT2D eigenvalue weighted by Gasteiger charge is -2.27. The SMILES string of the molecule is CC(CC(=O)O)CC(=O)NC(=O)N(C)CC1CCCCC1. The summed E-state index contributed by atoms with van der Waals surface area (Å²) >= 11 is 0. The highest BCUT2D eigenvalue weighted by Gasteiger charge is 2.20. The van der Waals surface area contributed by atoms with Crippen LogP contribution in [-0.2, 0) is 9.59 Å². The molecule has 6 nitrogen and oxygen atoms in total. The van der Waals surface area contributed by atoms with Gasteiger partial charge in [-0.2, -0.15) is 0 Å². The van der Waals surface area contributed by atoms with E-state index in [2.05, 4.69) is 5.32 Å². The highest BCUT2D eigenvalue weighted by atomic mass is 16.4. The lowest BCUT2D eigenvalue weighted by atomic mass is 9.89. The van der Waals surface area contributed by atoms with E-state index in [9.17, 15) is 14.4 Å². The van der Waals surface area contributed by atoms with E-state index >= 15 is 0 Å². The molecule has 0 spiro atoms. The maximum atomic E-state index is 11.9. The molecule has 1 unspecified atom stereocenters. The summed E-state index contributed by atoms with van der Waals surface area (Å²) in [5, 5.41) is 11.0. The summed E-state index contributed by atoms with van der Waals surface area (Å²) in [6, 6.07) is -0.395. The van der Waals surface area contributed by atoms with Crippen molar-refractivity contribution in [2.75, 3.05) is 13.6 Å². The van der Waals surface area contributed by atoms with Gasteiger partial charge in [-0.1, -0.05) is 26.2 Å². The number of rotatable bonds is 6. The fraction of sp³-hybridized carbons (Fsp3) is 0.800. The average molecular weight is 298 g/mol. The lowest BCUT2D eigenvalue weighted by molar-refractivity contribution is -0.138. The zero-order valence-electron chi connectivity index (χ0n) is 12.9. The molecule has 0 heterocycles. The van der Waals surface area contributed by atoms with Gasteiger partial charge in [-0.15, -0.1) is 0 Å². The second-order valence-corrected chi connectivity index (χ2v) is 6.15. The van der Waals surface area contributed by atoms with Crippen molar-refractivity contribution in [1.82, 2.24) is 10.2 Å². The van der Waals surface area contributed by atoms with Gasteiger partial charge in [-0.25, -0.2) is 4.79 Å². The number of nitrogens with one attached hydrogen (secondary N) is 1. The van der Waals surface area contributed by atoms with Gasteiger partial charge in [-0.05, 0) is 24.7 Å². The predicted molar refractivity (Wildman–Crippen MR) is 78.8 cm³/mol. The van der Waals surface area contributed by atoms with Crippen molar-refractivity contribution >= 4 is 17.9 Å². The third kappa shape index (κ3) is 7.11. The Balaban J connectivity index is 2.30. The van der Waals surface area contributed by atoms with Crippen molar-refractivity contribution < 1.29 is 19.5 Å². The molecule has 21 heavy (non-hydrogen) atoms.